The first-order chi connectivity index (χ1) is 9.93. The van der Waals surface area contributed by atoms with Gasteiger partial charge in [-0.1, -0.05) is 18.2 Å². The molecule has 1 aliphatic heterocycles. The molecule has 2 atom stereocenters. The number of hydrogen-bond acceptors (Lipinski definition) is 5. The molecule has 0 aromatic heterocycles. The van der Waals surface area contributed by atoms with Crippen LogP contribution in [0.5, 0.6) is 0 Å². The number of para-hydroxylation sites is 1. The summed E-state index contributed by atoms with van der Waals surface area (Å²) < 4.78 is 23.3. The van der Waals surface area contributed by atoms with Gasteiger partial charge in [0.25, 0.3) is 0 Å². The first kappa shape index (κ1) is 16.2. The summed E-state index contributed by atoms with van der Waals surface area (Å²) in [6.45, 7) is -0.0181. The van der Waals surface area contributed by atoms with E-state index in [2.05, 4.69) is 5.32 Å². The summed E-state index contributed by atoms with van der Waals surface area (Å²) in [6.07, 6.45) is -1.00. The van der Waals surface area contributed by atoms with E-state index in [0.29, 0.717) is 0 Å². The van der Waals surface area contributed by atoms with Crippen molar-refractivity contribution in [2.75, 3.05) is 30.0 Å². The Labute approximate surface area is 129 Å². The zero-order valence-corrected chi connectivity index (χ0v) is 13.0. The zero-order chi connectivity index (χ0) is 15.5. The van der Waals surface area contributed by atoms with Crippen LogP contribution in [0.25, 0.3) is 0 Å². The van der Waals surface area contributed by atoms with Crippen molar-refractivity contribution in [2.24, 2.45) is 0 Å². The van der Waals surface area contributed by atoms with Gasteiger partial charge in [0, 0.05) is 12.2 Å². The van der Waals surface area contributed by atoms with E-state index in [1.54, 1.807) is 0 Å². The highest BCUT2D eigenvalue weighted by Gasteiger charge is 2.40. The van der Waals surface area contributed by atoms with Gasteiger partial charge in [-0.15, -0.1) is 0 Å². The average Bonchev–Trinajstić information content (AvgIpc) is 2.70. The first-order valence-corrected chi connectivity index (χ1v) is 8.78. The maximum atomic E-state index is 11.6. The fourth-order valence-electron chi connectivity index (χ4n) is 2.35. The molecule has 0 amide bonds. The van der Waals surface area contributed by atoms with Gasteiger partial charge in [-0.3, -0.25) is 0 Å². The first-order valence-electron chi connectivity index (χ1n) is 6.55. The van der Waals surface area contributed by atoms with Gasteiger partial charge in [-0.2, -0.15) is 0 Å². The number of aliphatic hydroxyl groups excluding tert-OH is 2. The summed E-state index contributed by atoms with van der Waals surface area (Å²) in [4.78, 5) is 1.54. The number of nitrogens with one attached hydrogen (secondary N) is 1. The molecular weight excluding hydrogens is 312 g/mol. The molecule has 1 aromatic carbocycles. The number of anilines is 1. The molecule has 1 aromatic rings. The molecule has 6 nitrogen and oxygen atoms in total. The second-order valence-corrected chi connectivity index (χ2v) is 7.47. The normalized spacial score (nSPS) is 23.7. The second kappa shape index (κ2) is 6.69. The van der Waals surface area contributed by atoms with E-state index in [1.807, 2.05) is 30.3 Å². The molecule has 0 unspecified atom stereocenters. The summed E-state index contributed by atoms with van der Waals surface area (Å²) in [7, 11) is -3.28. The van der Waals surface area contributed by atoms with Crippen LogP contribution in [0, 0.1) is 0 Å². The molecule has 1 aliphatic rings. The van der Waals surface area contributed by atoms with E-state index in [0.717, 1.165) is 5.69 Å². The van der Waals surface area contributed by atoms with E-state index in [4.69, 9.17) is 17.3 Å². The van der Waals surface area contributed by atoms with Crippen LogP contribution in [0.4, 0.5) is 5.69 Å². The molecule has 3 N–H and O–H groups in total. The summed E-state index contributed by atoms with van der Waals surface area (Å²) in [5.41, 5.74) is 0.765. The zero-order valence-electron chi connectivity index (χ0n) is 11.3. The van der Waals surface area contributed by atoms with Crippen molar-refractivity contribution >= 4 is 32.9 Å². The van der Waals surface area contributed by atoms with Crippen molar-refractivity contribution in [3.05, 3.63) is 30.3 Å². The fraction of sp³-hybridized carbons (Fsp3) is 0.462. The second-order valence-electron chi connectivity index (χ2n) is 4.92. The molecule has 0 aliphatic carbocycles. The molecule has 0 spiro atoms. The lowest BCUT2D eigenvalue weighted by molar-refractivity contribution is 0.113. The summed E-state index contributed by atoms with van der Waals surface area (Å²) >= 11 is 5.29. The van der Waals surface area contributed by atoms with E-state index in [9.17, 15) is 13.5 Å². The molecule has 0 saturated carbocycles. The Balaban J connectivity index is 2.13. The fourth-order valence-corrected chi connectivity index (χ4v) is 4.50. The highest BCUT2D eigenvalue weighted by Crippen LogP contribution is 2.20. The number of thiocarbonyl (C=S) groups is 1. The lowest BCUT2D eigenvalue weighted by atomic mass is 10.2. The van der Waals surface area contributed by atoms with Crippen molar-refractivity contribution < 1.29 is 18.6 Å². The third kappa shape index (κ3) is 4.13. The quantitative estimate of drug-likeness (QED) is 0.661. The minimum Gasteiger partial charge on any atom is -0.395 e. The van der Waals surface area contributed by atoms with Crippen LogP contribution in [0.2, 0.25) is 0 Å². The number of rotatable bonds is 4. The van der Waals surface area contributed by atoms with Crippen molar-refractivity contribution in [3.8, 4) is 0 Å². The third-order valence-electron chi connectivity index (χ3n) is 3.32. The monoisotopic (exact) mass is 330 g/mol. The molecule has 0 radical (unpaired) electrons. The number of aliphatic hydroxyl groups is 2. The van der Waals surface area contributed by atoms with Crippen LogP contribution in [-0.2, 0) is 9.84 Å². The minimum absolute atomic E-state index is 0.162. The Hall–Kier alpha value is -1.22. The maximum Gasteiger partial charge on any atom is 0.173 e. The number of nitrogens with zero attached hydrogens (tertiary/aromatic N) is 1. The number of hydrogen-bond donors (Lipinski definition) is 3. The summed E-state index contributed by atoms with van der Waals surface area (Å²) in [6, 6.07) is 8.57. The average molecular weight is 330 g/mol. The minimum atomic E-state index is -3.28. The van der Waals surface area contributed by atoms with E-state index >= 15 is 0 Å². The van der Waals surface area contributed by atoms with Crippen LogP contribution in [0.15, 0.2) is 30.3 Å². The van der Waals surface area contributed by atoms with E-state index < -0.39 is 22.0 Å². The highest BCUT2D eigenvalue weighted by molar-refractivity contribution is 7.91. The SMILES string of the molecule is O=S1(=O)C[C@H](O)[C@@H](N(CCO)C(=S)Nc2ccccc2)C1. The van der Waals surface area contributed by atoms with Gasteiger partial charge >= 0.3 is 0 Å². The maximum absolute atomic E-state index is 11.6. The predicted molar refractivity (Wildman–Crippen MR) is 84.9 cm³/mol. The summed E-state index contributed by atoms with van der Waals surface area (Å²) in [5, 5.41) is 22.4. The molecule has 8 heteroatoms. The molecule has 2 rings (SSSR count). The summed E-state index contributed by atoms with van der Waals surface area (Å²) in [5.74, 6) is -0.432. The van der Waals surface area contributed by atoms with Gasteiger partial charge in [-0.25, -0.2) is 8.42 Å². The largest absolute Gasteiger partial charge is 0.395 e. The van der Waals surface area contributed by atoms with Crippen LogP contribution in [-0.4, -0.2) is 65.4 Å². The molecule has 116 valence electrons. The van der Waals surface area contributed by atoms with Gasteiger partial charge in [-0.05, 0) is 24.4 Å². The van der Waals surface area contributed by atoms with Crippen LogP contribution >= 0.6 is 12.2 Å². The van der Waals surface area contributed by atoms with Crippen LogP contribution < -0.4 is 5.32 Å². The van der Waals surface area contributed by atoms with Crippen LogP contribution in [0.1, 0.15) is 0 Å². The number of benzene rings is 1. The lowest BCUT2D eigenvalue weighted by Gasteiger charge is -2.32. The standard InChI is InChI=1S/C13H18N2O4S2/c16-7-6-15(11-8-21(18,19)9-12(11)17)13(20)14-10-4-2-1-3-5-10/h1-5,11-12,16-17H,6-9H2,(H,14,20)/t11-,12-/m0/s1. The van der Waals surface area contributed by atoms with Crippen molar-refractivity contribution in [3.63, 3.8) is 0 Å². The van der Waals surface area contributed by atoms with Gasteiger partial charge in [0.2, 0.25) is 0 Å². The Bertz CT molecular complexity index is 591. The van der Waals surface area contributed by atoms with Gasteiger partial charge in [0.15, 0.2) is 14.9 Å². The predicted octanol–water partition coefficient (Wildman–Crippen LogP) is -0.164. The van der Waals surface area contributed by atoms with Gasteiger partial charge in [0.05, 0.1) is 30.3 Å². The Morgan fingerprint density at radius 2 is 2.00 bits per heavy atom. The third-order valence-corrected chi connectivity index (χ3v) is 5.36. The Morgan fingerprint density at radius 3 is 2.52 bits per heavy atom. The van der Waals surface area contributed by atoms with Crippen molar-refractivity contribution in [1.82, 2.24) is 4.90 Å². The molecule has 1 fully saturated rings. The smallest absolute Gasteiger partial charge is 0.173 e. The van der Waals surface area contributed by atoms with E-state index in [1.165, 1.54) is 4.90 Å². The van der Waals surface area contributed by atoms with Crippen LogP contribution in [0.3, 0.4) is 0 Å². The van der Waals surface area contributed by atoms with Gasteiger partial charge in [0.1, 0.15) is 0 Å². The van der Waals surface area contributed by atoms with Crippen molar-refractivity contribution in [2.45, 2.75) is 12.1 Å². The van der Waals surface area contributed by atoms with E-state index in [-0.39, 0.29) is 29.8 Å². The molecule has 0 bridgehead atoms. The lowest BCUT2D eigenvalue weighted by Crippen LogP contribution is -2.49. The molecule has 1 heterocycles. The van der Waals surface area contributed by atoms with Gasteiger partial charge < -0.3 is 20.4 Å². The molecule has 21 heavy (non-hydrogen) atoms. The topological polar surface area (TPSA) is 89.9 Å². The number of sulfone groups is 1. The van der Waals surface area contributed by atoms with Crippen molar-refractivity contribution in [1.29, 1.82) is 0 Å². The Morgan fingerprint density at radius 1 is 1.33 bits per heavy atom. The highest BCUT2D eigenvalue weighted by atomic mass is 32.2. The molecule has 1 saturated heterocycles. The molecular formula is C13H18N2O4S2. The Kier molecular flexibility index (Phi) is 5.15.